The number of likely N-dealkylation sites (N-methyl/N-ethyl adjacent to an activating group) is 1. The van der Waals surface area contributed by atoms with E-state index in [0.717, 1.165) is 0 Å². The van der Waals surface area contributed by atoms with Crippen LogP contribution in [0.25, 0.3) is 0 Å². The second-order valence-corrected chi connectivity index (χ2v) is 4.12. The van der Waals surface area contributed by atoms with Crippen molar-refractivity contribution in [2.75, 3.05) is 26.7 Å². The predicted octanol–water partition coefficient (Wildman–Crippen LogP) is 0.438. The van der Waals surface area contributed by atoms with Gasteiger partial charge in [-0.25, -0.2) is 0 Å². The summed E-state index contributed by atoms with van der Waals surface area (Å²) in [5.74, 6) is -1.33. The van der Waals surface area contributed by atoms with Gasteiger partial charge >= 0.3 is 5.97 Å². The van der Waals surface area contributed by atoms with E-state index in [1.807, 2.05) is 6.92 Å². The molecule has 20 heavy (non-hydrogen) atoms. The number of esters is 1. The van der Waals surface area contributed by atoms with Crippen LogP contribution >= 0.6 is 0 Å². The van der Waals surface area contributed by atoms with Gasteiger partial charge in [-0.15, -0.1) is 0 Å². The summed E-state index contributed by atoms with van der Waals surface area (Å²) in [6, 6.07) is 8.46. The highest BCUT2D eigenvalue weighted by atomic mass is 16.5. The fourth-order valence-corrected chi connectivity index (χ4v) is 1.56. The minimum atomic E-state index is -0.454. The number of benzene rings is 1. The molecular formula is C14H18N2O4. The third-order valence-electron chi connectivity index (χ3n) is 2.68. The summed E-state index contributed by atoms with van der Waals surface area (Å²) in [6.07, 6.45) is 0. The second kappa shape index (κ2) is 8.06. The van der Waals surface area contributed by atoms with Gasteiger partial charge in [0, 0.05) is 5.56 Å². The molecule has 0 bridgehead atoms. The number of nitrogens with zero attached hydrogens (tertiary/aromatic N) is 1. The minimum Gasteiger partial charge on any atom is -0.468 e. The molecule has 2 amide bonds. The monoisotopic (exact) mass is 278 g/mol. The van der Waals surface area contributed by atoms with Crippen LogP contribution < -0.4 is 5.32 Å². The first-order valence-electron chi connectivity index (χ1n) is 6.25. The van der Waals surface area contributed by atoms with Gasteiger partial charge in [-0.2, -0.15) is 0 Å². The van der Waals surface area contributed by atoms with Crippen LogP contribution in [0.15, 0.2) is 30.3 Å². The van der Waals surface area contributed by atoms with Gasteiger partial charge < -0.3 is 4.74 Å². The van der Waals surface area contributed by atoms with Crippen molar-refractivity contribution in [3.63, 3.8) is 0 Å². The van der Waals surface area contributed by atoms with E-state index in [1.54, 1.807) is 35.2 Å². The topological polar surface area (TPSA) is 75.7 Å². The molecule has 0 heterocycles. The van der Waals surface area contributed by atoms with Crippen molar-refractivity contribution >= 4 is 17.8 Å². The van der Waals surface area contributed by atoms with Gasteiger partial charge in [0.05, 0.1) is 20.2 Å². The third kappa shape index (κ3) is 5.19. The zero-order valence-electron chi connectivity index (χ0n) is 11.6. The number of nitrogens with one attached hydrogen (secondary N) is 1. The van der Waals surface area contributed by atoms with E-state index in [1.165, 1.54) is 7.11 Å². The standard InChI is InChI=1S/C14H18N2O4/c1-3-16(10-13(18)20-2)9-12(17)15-14(19)11-7-5-4-6-8-11/h4-8H,3,9-10H2,1-2H3,(H,15,17,19). The Morgan fingerprint density at radius 3 is 2.35 bits per heavy atom. The number of imide groups is 1. The average molecular weight is 278 g/mol. The molecule has 108 valence electrons. The van der Waals surface area contributed by atoms with Crippen molar-refractivity contribution in [1.29, 1.82) is 0 Å². The molecule has 1 aromatic rings. The van der Waals surface area contributed by atoms with E-state index in [0.29, 0.717) is 12.1 Å². The summed E-state index contributed by atoms with van der Waals surface area (Å²) in [7, 11) is 1.29. The smallest absolute Gasteiger partial charge is 0.319 e. The van der Waals surface area contributed by atoms with Crippen molar-refractivity contribution in [2.45, 2.75) is 6.92 Å². The summed E-state index contributed by atoms with van der Waals surface area (Å²) in [6.45, 7) is 2.29. The third-order valence-corrected chi connectivity index (χ3v) is 2.68. The maximum atomic E-state index is 11.8. The van der Waals surface area contributed by atoms with Crippen LogP contribution in [-0.4, -0.2) is 49.4 Å². The molecule has 0 unspecified atom stereocenters. The number of hydrogen-bond donors (Lipinski definition) is 1. The Kier molecular flexibility index (Phi) is 6.39. The number of rotatable bonds is 6. The summed E-state index contributed by atoms with van der Waals surface area (Å²) in [5, 5.41) is 2.28. The van der Waals surface area contributed by atoms with E-state index in [2.05, 4.69) is 10.1 Å². The number of methoxy groups -OCH3 is 1. The Balaban J connectivity index is 2.50. The second-order valence-electron chi connectivity index (χ2n) is 4.12. The van der Waals surface area contributed by atoms with Gasteiger partial charge in [0.15, 0.2) is 0 Å². The Morgan fingerprint density at radius 2 is 1.80 bits per heavy atom. The van der Waals surface area contributed by atoms with Gasteiger partial charge in [-0.1, -0.05) is 25.1 Å². The minimum absolute atomic E-state index is 0.0138. The quantitative estimate of drug-likeness (QED) is 0.764. The zero-order valence-corrected chi connectivity index (χ0v) is 11.6. The van der Waals surface area contributed by atoms with Crippen LogP contribution in [0.4, 0.5) is 0 Å². The Labute approximate surface area is 117 Å². The Hall–Kier alpha value is -2.21. The number of carbonyl (C=O) groups is 3. The van der Waals surface area contributed by atoms with Gasteiger partial charge in [0.2, 0.25) is 5.91 Å². The molecule has 0 aliphatic rings. The van der Waals surface area contributed by atoms with Crippen molar-refractivity contribution < 1.29 is 19.1 Å². The van der Waals surface area contributed by atoms with Crippen molar-refractivity contribution in [2.24, 2.45) is 0 Å². The van der Waals surface area contributed by atoms with Crippen molar-refractivity contribution in [1.82, 2.24) is 10.2 Å². The van der Waals surface area contributed by atoms with Crippen LogP contribution in [0.2, 0.25) is 0 Å². The van der Waals surface area contributed by atoms with Crippen LogP contribution in [0, 0.1) is 0 Å². The largest absolute Gasteiger partial charge is 0.468 e. The predicted molar refractivity (Wildman–Crippen MR) is 73.0 cm³/mol. The lowest BCUT2D eigenvalue weighted by molar-refractivity contribution is -0.142. The highest BCUT2D eigenvalue weighted by Gasteiger charge is 2.15. The number of carbonyl (C=O) groups excluding carboxylic acids is 3. The van der Waals surface area contributed by atoms with Crippen LogP contribution in [0.1, 0.15) is 17.3 Å². The molecule has 0 aliphatic heterocycles. The van der Waals surface area contributed by atoms with E-state index in [-0.39, 0.29) is 13.1 Å². The first-order chi connectivity index (χ1) is 9.56. The Bertz CT molecular complexity index is 473. The van der Waals surface area contributed by atoms with Crippen molar-refractivity contribution in [3.8, 4) is 0 Å². The summed E-state index contributed by atoms with van der Waals surface area (Å²) < 4.78 is 4.54. The molecular weight excluding hydrogens is 260 g/mol. The Morgan fingerprint density at radius 1 is 1.15 bits per heavy atom. The lowest BCUT2D eigenvalue weighted by Gasteiger charge is -2.17. The molecule has 6 nitrogen and oxygen atoms in total. The number of ether oxygens (including phenoxy) is 1. The summed E-state index contributed by atoms with van der Waals surface area (Å²) in [5.41, 5.74) is 0.414. The molecule has 1 rings (SSSR count). The molecule has 0 radical (unpaired) electrons. The fourth-order valence-electron chi connectivity index (χ4n) is 1.56. The molecule has 0 saturated carbocycles. The van der Waals surface area contributed by atoms with Crippen molar-refractivity contribution in [3.05, 3.63) is 35.9 Å². The molecule has 0 spiro atoms. The van der Waals surface area contributed by atoms with Crippen LogP contribution in [0.5, 0.6) is 0 Å². The van der Waals surface area contributed by atoms with E-state index < -0.39 is 17.8 Å². The maximum Gasteiger partial charge on any atom is 0.319 e. The molecule has 6 heteroatoms. The summed E-state index contributed by atoms with van der Waals surface area (Å²) >= 11 is 0. The van der Waals surface area contributed by atoms with Gasteiger partial charge in [0.25, 0.3) is 5.91 Å². The highest BCUT2D eigenvalue weighted by Crippen LogP contribution is 1.98. The van der Waals surface area contributed by atoms with E-state index in [4.69, 9.17) is 0 Å². The lowest BCUT2D eigenvalue weighted by Crippen LogP contribution is -2.42. The molecule has 0 atom stereocenters. The fraction of sp³-hybridized carbons (Fsp3) is 0.357. The SMILES string of the molecule is CCN(CC(=O)NC(=O)c1ccccc1)CC(=O)OC. The highest BCUT2D eigenvalue weighted by molar-refractivity contribution is 6.05. The zero-order chi connectivity index (χ0) is 15.0. The van der Waals surface area contributed by atoms with E-state index >= 15 is 0 Å². The lowest BCUT2D eigenvalue weighted by atomic mass is 10.2. The molecule has 0 aromatic heterocycles. The number of amides is 2. The molecule has 0 fully saturated rings. The first kappa shape index (κ1) is 15.8. The molecule has 0 aliphatic carbocycles. The molecule has 0 saturated heterocycles. The van der Waals surface area contributed by atoms with Crippen LogP contribution in [-0.2, 0) is 14.3 Å². The number of hydrogen-bond acceptors (Lipinski definition) is 5. The molecule has 1 N–H and O–H groups in total. The van der Waals surface area contributed by atoms with Crippen LogP contribution in [0.3, 0.4) is 0 Å². The summed E-state index contributed by atoms with van der Waals surface area (Å²) in [4.78, 5) is 36.2. The molecule has 1 aromatic carbocycles. The maximum absolute atomic E-state index is 11.8. The first-order valence-corrected chi connectivity index (χ1v) is 6.25. The van der Waals surface area contributed by atoms with Gasteiger partial charge in [-0.3, -0.25) is 24.6 Å². The normalized spacial score (nSPS) is 10.2. The average Bonchev–Trinajstić information content (AvgIpc) is 2.47. The van der Waals surface area contributed by atoms with Gasteiger partial charge in [-0.05, 0) is 18.7 Å². The van der Waals surface area contributed by atoms with Gasteiger partial charge in [0.1, 0.15) is 0 Å². The van der Waals surface area contributed by atoms with E-state index in [9.17, 15) is 14.4 Å².